The second-order valence-corrected chi connectivity index (χ2v) is 5.41. The maximum absolute atomic E-state index is 5.93. The molecule has 5 heteroatoms. The van der Waals surface area contributed by atoms with E-state index in [0.29, 0.717) is 24.7 Å². The van der Waals surface area contributed by atoms with Crippen molar-refractivity contribution in [2.45, 2.75) is 19.6 Å². The molecule has 1 atom stereocenters. The maximum atomic E-state index is 5.93. The average Bonchev–Trinajstić information content (AvgIpc) is 2.97. The second-order valence-electron chi connectivity index (χ2n) is 5.41. The molecular weight excluding hydrogens is 290 g/mol. The van der Waals surface area contributed by atoms with Gasteiger partial charge in [0.2, 0.25) is 0 Å². The van der Waals surface area contributed by atoms with Gasteiger partial charge in [-0.3, -0.25) is 0 Å². The first-order valence-corrected chi connectivity index (χ1v) is 7.66. The van der Waals surface area contributed by atoms with Gasteiger partial charge in [-0.05, 0) is 31.2 Å². The Bertz CT molecular complexity index is 798. The molecule has 0 fully saturated rings. The number of nitrogens with two attached hydrogens (primary N) is 1. The Labute approximate surface area is 135 Å². The van der Waals surface area contributed by atoms with Gasteiger partial charge in [0.1, 0.15) is 12.4 Å². The first-order valence-electron chi connectivity index (χ1n) is 7.66. The van der Waals surface area contributed by atoms with Crippen LogP contribution in [0.25, 0.3) is 11.0 Å². The molecule has 0 saturated carbocycles. The molecule has 0 saturated heterocycles. The number of hydrogen-bond donors (Lipinski definition) is 1. The first kappa shape index (κ1) is 15.4. The van der Waals surface area contributed by atoms with Crippen molar-refractivity contribution in [3.8, 4) is 11.5 Å². The molecular formula is C18H21N3O2. The van der Waals surface area contributed by atoms with E-state index in [0.717, 1.165) is 16.9 Å². The van der Waals surface area contributed by atoms with Crippen molar-refractivity contribution in [1.29, 1.82) is 0 Å². The molecule has 2 aromatic carbocycles. The first-order chi connectivity index (χ1) is 11.2. The molecule has 0 bridgehead atoms. The van der Waals surface area contributed by atoms with Gasteiger partial charge in [-0.1, -0.05) is 24.3 Å². The Morgan fingerprint density at radius 1 is 1.09 bits per heavy atom. The molecule has 23 heavy (non-hydrogen) atoms. The Morgan fingerprint density at radius 3 is 2.52 bits per heavy atom. The van der Waals surface area contributed by atoms with Gasteiger partial charge in [0.15, 0.2) is 11.5 Å². The molecule has 1 aromatic heterocycles. The Balaban J connectivity index is 1.93. The summed E-state index contributed by atoms with van der Waals surface area (Å²) in [6.07, 6.45) is 0. The van der Waals surface area contributed by atoms with Crippen LogP contribution in [-0.2, 0) is 6.61 Å². The molecule has 0 amide bonds. The van der Waals surface area contributed by atoms with Crippen molar-refractivity contribution in [2.75, 3.05) is 13.7 Å². The lowest BCUT2D eigenvalue weighted by Gasteiger charge is -2.16. The summed E-state index contributed by atoms with van der Waals surface area (Å²) in [6.45, 7) is 2.99. The summed E-state index contributed by atoms with van der Waals surface area (Å²) in [5.41, 5.74) is 7.89. The molecule has 0 aliphatic heterocycles. The molecule has 3 rings (SSSR count). The number of aromatic nitrogens is 2. The SMILES string of the molecule is COc1ccccc1OCc1nc2ccccc2n1C(C)CN. The predicted molar refractivity (Wildman–Crippen MR) is 90.8 cm³/mol. The molecule has 0 aliphatic rings. The van der Waals surface area contributed by atoms with E-state index >= 15 is 0 Å². The highest BCUT2D eigenvalue weighted by molar-refractivity contribution is 5.76. The van der Waals surface area contributed by atoms with Crippen molar-refractivity contribution >= 4 is 11.0 Å². The second kappa shape index (κ2) is 6.71. The van der Waals surface area contributed by atoms with Gasteiger partial charge >= 0.3 is 0 Å². The Hall–Kier alpha value is -2.53. The third-order valence-electron chi connectivity index (χ3n) is 3.88. The summed E-state index contributed by atoms with van der Waals surface area (Å²) in [4.78, 5) is 4.69. The highest BCUT2D eigenvalue weighted by Crippen LogP contribution is 2.28. The smallest absolute Gasteiger partial charge is 0.161 e. The van der Waals surface area contributed by atoms with E-state index in [1.807, 2.05) is 42.5 Å². The number of fused-ring (bicyclic) bond motifs is 1. The minimum Gasteiger partial charge on any atom is -0.493 e. The number of methoxy groups -OCH3 is 1. The molecule has 1 heterocycles. The fraction of sp³-hybridized carbons (Fsp3) is 0.278. The number of rotatable bonds is 6. The summed E-state index contributed by atoms with van der Waals surface area (Å²) in [7, 11) is 1.63. The zero-order valence-corrected chi connectivity index (χ0v) is 13.4. The van der Waals surface area contributed by atoms with Crippen LogP contribution in [0.5, 0.6) is 11.5 Å². The lowest BCUT2D eigenvalue weighted by molar-refractivity contribution is 0.269. The van der Waals surface area contributed by atoms with Crippen LogP contribution in [0.3, 0.4) is 0 Å². The van der Waals surface area contributed by atoms with Crippen molar-refractivity contribution in [3.05, 3.63) is 54.4 Å². The van der Waals surface area contributed by atoms with Crippen LogP contribution < -0.4 is 15.2 Å². The summed E-state index contributed by atoms with van der Waals surface area (Å²) in [6, 6.07) is 15.8. The molecule has 2 N–H and O–H groups in total. The minimum absolute atomic E-state index is 0.152. The van der Waals surface area contributed by atoms with E-state index in [4.69, 9.17) is 20.2 Å². The van der Waals surface area contributed by atoms with E-state index in [1.54, 1.807) is 7.11 Å². The molecule has 3 aromatic rings. The molecule has 0 spiro atoms. The highest BCUT2D eigenvalue weighted by Gasteiger charge is 2.15. The van der Waals surface area contributed by atoms with Crippen LogP contribution in [-0.4, -0.2) is 23.2 Å². The van der Waals surface area contributed by atoms with Crippen LogP contribution >= 0.6 is 0 Å². The third kappa shape index (κ3) is 3.00. The van der Waals surface area contributed by atoms with Crippen LogP contribution in [0.4, 0.5) is 0 Å². The monoisotopic (exact) mass is 311 g/mol. The summed E-state index contributed by atoms with van der Waals surface area (Å²) < 4.78 is 13.4. The van der Waals surface area contributed by atoms with Gasteiger partial charge in [0, 0.05) is 12.6 Å². The quantitative estimate of drug-likeness (QED) is 0.759. The van der Waals surface area contributed by atoms with Gasteiger partial charge < -0.3 is 19.8 Å². The number of ether oxygens (including phenoxy) is 2. The normalized spacial score (nSPS) is 12.3. The fourth-order valence-electron chi connectivity index (χ4n) is 2.67. The number of para-hydroxylation sites is 4. The van der Waals surface area contributed by atoms with Crippen LogP contribution in [0, 0.1) is 0 Å². The predicted octanol–water partition coefficient (Wildman–Crippen LogP) is 3.14. The van der Waals surface area contributed by atoms with Gasteiger partial charge in [-0.25, -0.2) is 4.98 Å². The van der Waals surface area contributed by atoms with E-state index < -0.39 is 0 Å². The highest BCUT2D eigenvalue weighted by atomic mass is 16.5. The number of nitrogens with zero attached hydrogens (tertiary/aromatic N) is 2. The molecule has 0 radical (unpaired) electrons. The summed E-state index contributed by atoms with van der Waals surface area (Å²) in [5.74, 6) is 2.27. The topological polar surface area (TPSA) is 62.3 Å². The maximum Gasteiger partial charge on any atom is 0.161 e. The molecule has 5 nitrogen and oxygen atoms in total. The lowest BCUT2D eigenvalue weighted by Crippen LogP contribution is -2.19. The Morgan fingerprint density at radius 2 is 1.78 bits per heavy atom. The van der Waals surface area contributed by atoms with Crippen molar-refractivity contribution in [2.24, 2.45) is 5.73 Å². The van der Waals surface area contributed by atoms with Gasteiger partial charge in [0.05, 0.1) is 18.1 Å². The van der Waals surface area contributed by atoms with E-state index in [-0.39, 0.29) is 6.04 Å². The standard InChI is InChI=1S/C18H21N3O2/c1-13(11-19)21-15-8-4-3-7-14(15)20-18(21)12-23-17-10-6-5-9-16(17)22-2/h3-10,13H,11-12,19H2,1-2H3. The Kier molecular flexibility index (Phi) is 4.48. The number of hydrogen-bond acceptors (Lipinski definition) is 4. The van der Waals surface area contributed by atoms with E-state index in [2.05, 4.69) is 17.6 Å². The molecule has 0 aliphatic carbocycles. The van der Waals surface area contributed by atoms with Crippen molar-refractivity contribution in [3.63, 3.8) is 0 Å². The zero-order chi connectivity index (χ0) is 16.2. The van der Waals surface area contributed by atoms with E-state index in [1.165, 1.54) is 0 Å². The average molecular weight is 311 g/mol. The van der Waals surface area contributed by atoms with Gasteiger partial charge in [0.25, 0.3) is 0 Å². The molecule has 120 valence electrons. The van der Waals surface area contributed by atoms with Gasteiger partial charge in [-0.2, -0.15) is 0 Å². The van der Waals surface area contributed by atoms with Crippen LogP contribution in [0.1, 0.15) is 18.8 Å². The van der Waals surface area contributed by atoms with Gasteiger partial charge in [-0.15, -0.1) is 0 Å². The van der Waals surface area contributed by atoms with E-state index in [9.17, 15) is 0 Å². The summed E-state index contributed by atoms with van der Waals surface area (Å²) in [5, 5.41) is 0. The van der Waals surface area contributed by atoms with Crippen molar-refractivity contribution in [1.82, 2.24) is 9.55 Å². The minimum atomic E-state index is 0.152. The lowest BCUT2D eigenvalue weighted by atomic mass is 10.2. The number of imidazole rings is 1. The number of benzene rings is 2. The van der Waals surface area contributed by atoms with Crippen molar-refractivity contribution < 1.29 is 9.47 Å². The van der Waals surface area contributed by atoms with Crippen LogP contribution in [0.2, 0.25) is 0 Å². The fourth-order valence-corrected chi connectivity index (χ4v) is 2.67. The molecule has 1 unspecified atom stereocenters. The van der Waals surface area contributed by atoms with Crippen LogP contribution in [0.15, 0.2) is 48.5 Å². The third-order valence-corrected chi connectivity index (χ3v) is 3.88. The largest absolute Gasteiger partial charge is 0.493 e. The summed E-state index contributed by atoms with van der Waals surface area (Å²) >= 11 is 0. The zero-order valence-electron chi connectivity index (χ0n) is 13.4.